The number of nitrogens with two attached hydrogens (primary N) is 1. The molecule has 2 rings (SSSR count). The van der Waals surface area contributed by atoms with E-state index in [2.05, 4.69) is 10.4 Å². The number of hydrogen-bond donors (Lipinski definition) is 2. The summed E-state index contributed by atoms with van der Waals surface area (Å²) in [5, 5.41) is 14.1. The van der Waals surface area contributed by atoms with Crippen molar-refractivity contribution in [2.24, 2.45) is 5.73 Å². The fourth-order valence-corrected chi connectivity index (χ4v) is 1.29. The number of nitrogens with one attached hydrogen (secondary N) is 1. The number of hydrogen-bond acceptors (Lipinski definition) is 4. The fraction of sp³-hybridized carbons (Fsp3) is 0.500. The van der Waals surface area contributed by atoms with Crippen LogP contribution in [0.1, 0.15) is 18.2 Å². The molecule has 1 unspecified atom stereocenters. The minimum Gasteiger partial charge on any atom is -0.370 e. The molecule has 0 aromatic carbocycles. The molecule has 7 heteroatoms. The zero-order valence-corrected chi connectivity index (χ0v) is 7.62. The summed E-state index contributed by atoms with van der Waals surface area (Å²) in [7, 11) is 0. The SMILES string of the molecule is Cl.N=C(N)N1CCC1c1cnno1. The van der Waals surface area contributed by atoms with Gasteiger partial charge >= 0.3 is 0 Å². The summed E-state index contributed by atoms with van der Waals surface area (Å²) in [6, 6.07) is 0.0671. The maximum atomic E-state index is 7.21. The molecule has 1 saturated heterocycles. The van der Waals surface area contributed by atoms with Crippen molar-refractivity contribution in [3.05, 3.63) is 12.0 Å². The van der Waals surface area contributed by atoms with Gasteiger partial charge in [-0.05, 0) is 6.42 Å². The van der Waals surface area contributed by atoms with E-state index in [1.165, 1.54) is 0 Å². The average molecular weight is 204 g/mol. The van der Waals surface area contributed by atoms with Gasteiger partial charge in [-0.15, -0.1) is 17.5 Å². The van der Waals surface area contributed by atoms with Gasteiger partial charge in [0.15, 0.2) is 11.7 Å². The molecule has 0 radical (unpaired) electrons. The Bertz CT molecular complexity index is 287. The van der Waals surface area contributed by atoms with Crippen molar-refractivity contribution in [2.75, 3.05) is 6.54 Å². The Labute approximate surface area is 81.0 Å². The molecule has 0 aliphatic carbocycles. The molecular weight excluding hydrogens is 194 g/mol. The van der Waals surface area contributed by atoms with Gasteiger partial charge in [-0.1, -0.05) is 0 Å². The summed E-state index contributed by atoms with van der Waals surface area (Å²) in [6.45, 7) is 0.806. The van der Waals surface area contributed by atoms with E-state index in [-0.39, 0.29) is 24.4 Å². The Kier molecular flexibility index (Phi) is 2.72. The van der Waals surface area contributed by atoms with Gasteiger partial charge in [0.05, 0.1) is 12.2 Å². The minimum atomic E-state index is 0. The molecule has 1 atom stereocenters. The second kappa shape index (κ2) is 3.61. The zero-order valence-electron chi connectivity index (χ0n) is 6.80. The smallest absolute Gasteiger partial charge is 0.189 e. The third-order valence-corrected chi connectivity index (χ3v) is 2.04. The number of likely N-dealkylation sites (tertiary alicyclic amines) is 1. The van der Waals surface area contributed by atoms with Crippen molar-refractivity contribution in [1.29, 1.82) is 5.41 Å². The highest BCUT2D eigenvalue weighted by Crippen LogP contribution is 2.31. The molecule has 72 valence electrons. The molecule has 1 aromatic rings. The molecule has 2 heterocycles. The third kappa shape index (κ3) is 1.57. The Hall–Kier alpha value is -1.30. The second-order valence-electron chi connectivity index (χ2n) is 2.70. The first kappa shape index (κ1) is 9.79. The van der Waals surface area contributed by atoms with Crippen molar-refractivity contribution >= 4 is 18.4 Å². The highest BCUT2D eigenvalue weighted by atomic mass is 35.5. The topological polar surface area (TPSA) is 92.0 Å². The van der Waals surface area contributed by atoms with E-state index < -0.39 is 0 Å². The van der Waals surface area contributed by atoms with Crippen LogP contribution in [0.4, 0.5) is 0 Å². The minimum absolute atomic E-state index is 0. The number of rotatable bonds is 1. The molecule has 6 nitrogen and oxygen atoms in total. The molecule has 1 aliphatic rings. The van der Waals surface area contributed by atoms with Crippen LogP contribution in [0, 0.1) is 5.41 Å². The van der Waals surface area contributed by atoms with E-state index in [1.807, 2.05) is 0 Å². The highest BCUT2D eigenvalue weighted by Gasteiger charge is 2.33. The average Bonchev–Trinajstić information content (AvgIpc) is 2.35. The Morgan fingerprint density at radius 2 is 2.54 bits per heavy atom. The summed E-state index contributed by atoms with van der Waals surface area (Å²) >= 11 is 0. The predicted octanol–water partition coefficient (Wildman–Crippen LogP) is 0.132. The lowest BCUT2D eigenvalue weighted by Crippen LogP contribution is -2.48. The lowest BCUT2D eigenvalue weighted by molar-refractivity contribution is 0.146. The maximum Gasteiger partial charge on any atom is 0.189 e. The van der Waals surface area contributed by atoms with Crippen LogP contribution in [-0.4, -0.2) is 27.8 Å². The summed E-state index contributed by atoms with van der Waals surface area (Å²) in [6.07, 6.45) is 2.50. The molecular formula is C6H10ClN5O. The van der Waals surface area contributed by atoms with Gasteiger partial charge in [0.25, 0.3) is 0 Å². The van der Waals surface area contributed by atoms with Crippen LogP contribution >= 0.6 is 12.4 Å². The third-order valence-electron chi connectivity index (χ3n) is 2.04. The van der Waals surface area contributed by atoms with E-state index in [0.717, 1.165) is 13.0 Å². The van der Waals surface area contributed by atoms with Gasteiger partial charge in [0, 0.05) is 11.8 Å². The van der Waals surface area contributed by atoms with E-state index in [1.54, 1.807) is 11.1 Å². The van der Waals surface area contributed by atoms with E-state index in [0.29, 0.717) is 5.76 Å². The van der Waals surface area contributed by atoms with Crippen LogP contribution in [0.25, 0.3) is 0 Å². The fourth-order valence-electron chi connectivity index (χ4n) is 1.29. The van der Waals surface area contributed by atoms with Gasteiger partial charge in [-0.2, -0.15) is 0 Å². The zero-order chi connectivity index (χ0) is 8.55. The Morgan fingerprint density at radius 3 is 2.92 bits per heavy atom. The highest BCUT2D eigenvalue weighted by molar-refractivity contribution is 5.85. The van der Waals surface area contributed by atoms with Crippen LogP contribution in [0.5, 0.6) is 0 Å². The molecule has 13 heavy (non-hydrogen) atoms. The van der Waals surface area contributed by atoms with Crippen LogP contribution in [0.15, 0.2) is 10.7 Å². The van der Waals surface area contributed by atoms with Gasteiger partial charge in [0.1, 0.15) is 0 Å². The molecule has 1 aromatic heterocycles. The van der Waals surface area contributed by atoms with E-state index in [9.17, 15) is 0 Å². The van der Waals surface area contributed by atoms with Gasteiger partial charge in [-0.3, -0.25) is 5.41 Å². The van der Waals surface area contributed by atoms with Crippen LogP contribution in [-0.2, 0) is 0 Å². The molecule has 0 saturated carbocycles. The molecule has 0 spiro atoms. The monoisotopic (exact) mass is 203 g/mol. The summed E-state index contributed by atoms with van der Waals surface area (Å²) in [4.78, 5) is 1.74. The summed E-state index contributed by atoms with van der Waals surface area (Å²) < 4.78 is 4.86. The van der Waals surface area contributed by atoms with Crippen LogP contribution < -0.4 is 5.73 Å². The van der Waals surface area contributed by atoms with Crippen molar-refractivity contribution in [2.45, 2.75) is 12.5 Å². The summed E-state index contributed by atoms with van der Waals surface area (Å²) in [5.74, 6) is 0.749. The van der Waals surface area contributed by atoms with E-state index in [4.69, 9.17) is 15.7 Å². The molecule has 1 aliphatic heterocycles. The van der Waals surface area contributed by atoms with Gasteiger partial charge < -0.3 is 15.2 Å². The number of aromatic nitrogens is 2. The van der Waals surface area contributed by atoms with Gasteiger partial charge in [-0.25, -0.2) is 0 Å². The number of nitrogens with zero attached hydrogens (tertiary/aromatic N) is 3. The first-order valence-corrected chi connectivity index (χ1v) is 3.67. The predicted molar refractivity (Wildman–Crippen MR) is 47.5 cm³/mol. The lowest BCUT2D eigenvalue weighted by Gasteiger charge is -2.39. The van der Waals surface area contributed by atoms with Crippen molar-refractivity contribution < 1.29 is 4.52 Å². The second-order valence-corrected chi connectivity index (χ2v) is 2.70. The Balaban J connectivity index is 0.000000845. The number of guanidine groups is 1. The quantitative estimate of drug-likeness (QED) is 0.500. The van der Waals surface area contributed by atoms with Crippen molar-refractivity contribution in [1.82, 2.24) is 15.3 Å². The van der Waals surface area contributed by atoms with Crippen LogP contribution in [0.2, 0.25) is 0 Å². The number of halogens is 1. The molecule has 0 bridgehead atoms. The molecule has 1 fully saturated rings. The molecule has 0 amide bonds. The van der Waals surface area contributed by atoms with Crippen molar-refractivity contribution in [3.8, 4) is 0 Å². The van der Waals surface area contributed by atoms with E-state index >= 15 is 0 Å². The normalized spacial score (nSPS) is 20.3. The van der Waals surface area contributed by atoms with Crippen molar-refractivity contribution in [3.63, 3.8) is 0 Å². The first-order chi connectivity index (χ1) is 5.79. The lowest BCUT2D eigenvalue weighted by atomic mass is 10.0. The largest absolute Gasteiger partial charge is 0.370 e. The standard InChI is InChI=1S/C6H9N5O.ClH/c7-6(8)11-2-1-4(11)5-3-9-10-12-5;/h3-4H,1-2H2,(H3,7,8);1H. The first-order valence-electron chi connectivity index (χ1n) is 3.67. The van der Waals surface area contributed by atoms with Crippen LogP contribution in [0.3, 0.4) is 0 Å². The maximum absolute atomic E-state index is 7.21. The summed E-state index contributed by atoms with van der Waals surface area (Å²) in [5.41, 5.74) is 5.32. The Morgan fingerprint density at radius 1 is 1.77 bits per heavy atom. The molecule has 3 N–H and O–H groups in total. The van der Waals surface area contributed by atoms with Gasteiger partial charge in [0.2, 0.25) is 0 Å².